The molecular weight excluding hydrogens is 242 g/mol. The number of hydrogen-bond donors (Lipinski definition) is 2. The fraction of sp³-hybridized carbons (Fsp3) is 0.500. The maximum absolute atomic E-state index is 12.0. The molecule has 1 heterocycles. The third-order valence-electron chi connectivity index (χ3n) is 3.13. The summed E-state index contributed by atoms with van der Waals surface area (Å²) >= 11 is 0. The Hall–Kier alpha value is -1.75. The molecule has 0 unspecified atom stereocenters. The molecule has 0 aliphatic carbocycles. The van der Waals surface area contributed by atoms with Crippen molar-refractivity contribution in [1.82, 2.24) is 0 Å². The van der Waals surface area contributed by atoms with Crippen LogP contribution in [0.2, 0.25) is 0 Å². The van der Waals surface area contributed by atoms with Crippen molar-refractivity contribution in [1.29, 1.82) is 0 Å². The van der Waals surface area contributed by atoms with Crippen LogP contribution in [-0.2, 0) is 4.79 Å². The zero-order valence-electron chi connectivity index (χ0n) is 11.5. The van der Waals surface area contributed by atoms with E-state index in [4.69, 9.17) is 16.2 Å². The first-order chi connectivity index (χ1) is 8.87. The highest BCUT2D eigenvalue weighted by molar-refractivity contribution is 5.98. The Morgan fingerprint density at radius 3 is 2.84 bits per heavy atom. The molecular formula is C14H21N3O2. The first-order valence-corrected chi connectivity index (χ1v) is 6.48. The number of nitrogen functional groups attached to an aromatic ring is 1. The van der Waals surface area contributed by atoms with Crippen LogP contribution < -0.4 is 21.1 Å². The smallest absolute Gasteiger partial charge is 0.265 e. The van der Waals surface area contributed by atoms with E-state index in [0.717, 1.165) is 18.5 Å². The van der Waals surface area contributed by atoms with Crippen molar-refractivity contribution in [3.05, 3.63) is 18.2 Å². The Balaban J connectivity index is 2.12. The number of carbonyl (C=O) groups is 1. The Bertz CT molecular complexity index is 480. The zero-order chi connectivity index (χ0) is 14.0. The van der Waals surface area contributed by atoms with Gasteiger partial charge in [0.2, 0.25) is 0 Å². The van der Waals surface area contributed by atoms with Gasteiger partial charge in [-0.1, -0.05) is 0 Å². The summed E-state index contributed by atoms with van der Waals surface area (Å²) in [4.78, 5) is 13.7. The number of benzene rings is 1. The van der Waals surface area contributed by atoms with Crippen LogP contribution in [0.5, 0.6) is 5.75 Å². The highest BCUT2D eigenvalue weighted by Crippen LogP contribution is 2.34. The summed E-state index contributed by atoms with van der Waals surface area (Å²) in [6, 6.07) is 5.35. The minimum Gasteiger partial charge on any atom is -0.482 e. The minimum absolute atomic E-state index is 0.0343. The molecule has 1 aromatic carbocycles. The van der Waals surface area contributed by atoms with Crippen molar-refractivity contribution < 1.29 is 9.53 Å². The molecule has 1 aliphatic rings. The van der Waals surface area contributed by atoms with E-state index in [0.29, 0.717) is 18.0 Å². The average Bonchev–Trinajstić information content (AvgIpc) is 2.30. The van der Waals surface area contributed by atoms with Crippen molar-refractivity contribution in [2.24, 2.45) is 5.73 Å². The Labute approximate surface area is 113 Å². The van der Waals surface area contributed by atoms with Gasteiger partial charge in [0.1, 0.15) is 5.75 Å². The third-order valence-corrected chi connectivity index (χ3v) is 3.13. The van der Waals surface area contributed by atoms with Gasteiger partial charge in [-0.25, -0.2) is 0 Å². The number of ether oxygens (including phenoxy) is 1. The van der Waals surface area contributed by atoms with Crippen LogP contribution in [0.3, 0.4) is 0 Å². The maximum atomic E-state index is 12.0. The average molecular weight is 263 g/mol. The Kier molecular flexibility index (Phi) is 3.66. The predicted octanol–water partition coefficient (Wildman–Crippen LogP) is 1.51. The van der Waals surface area contributed by atoms with Crippen molar-refractivity contribution in [3.8, 4) is 5.75 Å². The zero-order valence-corrected chi connectivity index (χ0v) is 11.5. The van der Waals surface area contributed by atoms with Crippen molar-refractivity contribution >= 4 is 17.3 Å². The summed E-state index contributed by atoms with van der Waals surface area (Å²) < 4.78 is 5.40. The van der Waals surface area contributed by atoms with Crippen molar-refractivity contribution in [2.45, 2.75) is 32.2 Å². The molecule has 1 aliphatic heterocycles. The van der Waals surface area contributed by atoms with Gasteiger partial charge >= 0.3 is 0 Å². The highest BCUT2D eigenvalue weighted by atomic mass is 16.5. The van der Waals surface area contributed by atoms with Gasteiger partial charge in [-0.3, -0.25) is 4.79 Å². The molecule has 104 valence electrons. The normalized spacial score (nSPS) is 15.1. The summed E-state index contributed by atoms with van der Waals surface area (Å²) in [6.07, 6.45) is 1.71. The number of carbonyl (C=O) groups excluding carboxylic acids is 1. The number of nitrogens with zero attached hydrogens (tertiary/aromatic N) is 1. The molecule has 0 saturated carbocycles. The fourth-order valence-corrected chi connectivity index (χ4v) is 2.16. The van der Waals surface area contributed by atoms with Crippen LogP contribution in [-0.4, -0.2) is 24.6 Å². The van der Waals surface area contributed by atoms with Gasteiger partial charge in [0.25, 0.3) is 5.91 Å². The summed E-state index contributed by atoms with van der Waals surface area (Å²) in [7, 11) is 0. The first-order valence-electron chi connectivity index (χ1n) is 6.48. The predicted molar refractivity (Wildman–Crippen MR) is 76.2 cm³/mol. The second kappa shape index (κ2) is 5.09. The van der Waals surface area contributed by atoms with Crippen LogP contribution in [0.15, 0.2) is 18.2 Å². The lowest BCUT2D eigenvalue weighted by atomic mass is 10.00. The van der Waals surface area contributed by atoms with Crippen LogP contribution >= 0.6 is 0 Å². The standard InChI is InChI=1S/C14H21N3O2/c1-14(2,16)6-3-7-17-11-8-10(15)4-5-12(11)19-9-13(17)18/h4-5,8H,3,6-7,9,15-16H2,1-2H3. The lowest BCUT2D eigenvalue weighted by molar-refractivity contribution is -0.121. The fourth-order valence-electron chi connectivity index (χ4n) is 2.16. The van der Waals surface area contributed by atoms with Gasteiger partial charge in [-0.2, -0.15) is 0 Å². The molecule has 19 heavy (non-hydrogen) atoms. The molecule has 2 rings (SSSR count). The molecule has 0 saturated heterocycles. The largest absolute Gasteiger partial charge is 0.482 e. The minimum atomic E-state index is -0.214. The molecule has 0 aromatic heterocycles. The van der Waals surface area contributed by atoms with E-state index in [1.54, 1.807) is 23.1 Å². The molecule has 5 heteroatoms. The first kappa shape index (κ1) is 13.7. The van der Waals surface area contributed by atoms with Crippen molar-refractivity contribution in [3.63, 3.8) is 0 Å². The van der Waals surface area contributed by atoms with Crippen LogP contribution in [0.4, 0.5) is 11.4 Å². The van der Waals surface area contributed by atoms with Gasteiger partial charge in [-0.05, 0) is 44.9 Å². The second-order valence-electron chi connectivity index (χ2n) is 5.65. The van der Waals surface area contributed by atoms with E-state index in [9.17, 15) is 4.79 Å². The number of rotatable bonds is 4. The molecule has 0 spiro atoms. The van der Waals surface area contributed by atoms with E-state index in [2.05, 4.69) is 0 Å². The molecule has 0 radical (unpaired) electrons. The molecule has 0 fully saturated rings. The number of hydrogen-bond acceptors (Lipinski definition) is 4. The van der Waals surface area contributed by atoms with Gasteiger partial charge in [-0.15, -0.1) is 0 Å². The highest BCUT2D eigenvalue weighted by Gasteiger charge is 2.25. The second-order valence-corrected chi connectivity index (χ2v) is 5.65. The molecule has 1 amide bonds. The van der Waals surface area contributed by atoms with E-state index >= 15 is 0 Å². The quantitative estimate of drug-likeness (QED) is 0.807. The third kappa shape index (κ3) is 3.38. The van der Waals surface area contributed by atoms with E-state index < -0.39 is 0 Å². The lowest BCUT2D eigenvalue weighted by Crippen LogP contribution is -2.40. The maximum Gasteiger partial charge on any atom is 0.265 e. The molecule has 0 atom stereocenters. The van der Waals surface area contributed by atoms with Crippen LogP contribution in [0.1, 0.15) is 26.7 Å². The Morgan fingerprint density at radius 1 is 1.42 bits per heavy atom. The topological polar surface area (TPSA) is 81.6 Å². The molecule has 4 N–H and O–H groups in total. The van der Waals surface area contributed by atoms with Crippen LogP contribution in [0, 0.1) is 0 Å². The van der Waals surface area contributed by atoms with Crippen LogP contribution in [0.25, 0.3) is 0 Å². The monoisotopic (exact) mass is 263 g/mol. The van der Waals surface area contributed by atoms with Gasteiger partial charge in [0.05, 0.1) is 5.69 Å². The van der Waals surface area contributed by atoms with E-state index in [1.165, 1.54) is 0 Å². The molecule has 0 bridgehead atoms. The summed E-state index contributed by atoms with van der Waals surface area (Å²) in [5.41, 5.74) is 12.9. The summed E-state index contributed by atoms with van der Waals surface area (Å²) in [6.45, 7) is 4.70. The molecule has 5 nitrogen and oxygen atoms in total. The Morgan fingerprint density at radius 2 is 2.16 bits per heavy atom. The van der Waals surface area contributed by atoms with Gasteiger partial charge in [0, 0.05) is 17.8 Å². The summed E-state index contributed by atoms with van der Waals surface area (Å²) in [5.74, 6) is 0.675. The summed E-state index contributed by atoms with van der Waals surface area (Å²) in [5, 5.41) is 0. The lowest BCUT2D eigenvalue weighted by Gasteiger charge is -2.30. The van der Waals surface area contributed by atoms with Crippen molar-refractivity contribution in [2.75, 3.05) is 23.8 Å². The van der Waals surface area contributed by atoms with E-state index in [1.807, 2.05) is 13.8 Å². The SMILES string of the molecule is CC(C)(N)CCCN1C(=O)COc2ccc(N)cc21. The molecule has 1 aromatic rings. The van der Waals surface area contributed by atoms with Gasteiger partial charge in [0.15, 0.2) is 6.61 Å². The van der Waals surface area contributed by atoms with Gasteiger partial charge < -0.3 is 21.1 Å². The number of anilines is 2. The number of nitrogens with two attached hydrogens (primary N) is 2. The number of amides is 1. The van der Waals surface area contributed by atoms with E-state index in [-0.39, 0.29) is 18.1 Å². The number of fused-ring (bicyclic) bond motifs is 1.